The van der Waals surface area contributed by atoms with Crippen molar-refractivity contribution in [2.24, 2.45) is 5.84 Å². The predicted molar refractivity (Wildman–Crippen MR) is 77.9 cm³/mol. The summed E-state index contributed by atoms with van der Waals surface area (Å²) in [5, 5.41) is 0. The van der Waals surface area contributed by atoms with Crippen LogP contribution in [0.25, 0.3) is 0 Å². The highest BCUT2D eigenvalue weighted by atomic mass is 16.2. The van der Waals surface area contributed by atoms with Crippen molar-refractivity contribution >= 4 is 5.91 Å². The first-order valence-corrected chi connectivity index (χ1v) is 6.95. The molecule has 2 heterocycles. The number of carbonyl (C=O) groups is 1. The lowest BCUT2D eigenvalue weighted by Crippen LogP contribution is -2.36. The van der Waals surface area contributed by atoms with Crippen LogP contribution in [0.3, 0.4) is 0 Å². The van der Waals surface area contributed by atoms with E-state index in [1.54, 1.807) is 12.3 Å². The molecule has 20 heavy (non-hydrogen) atoms. The molecule has 1 aliphatic rings. The maximum Gasteiger partial charge on any atom is 0.266 e. The predicted octanol–water partition coefficient (Wildman–Crippen LogP) is 0.211. The largest absolute Gasteiger partial charge is 0.302 e. The van der Waals surface area contributed by atoms with Gasteiger partial charge in [-0.15, -0.1) is 0 Å². The third-order valence-corrected chi connectivity index (χ3v) is 3.84. The average molecular weight is 277 g/mol. The molecular weight excluding hydrogens is 254 g/mol. The van der Waals surface area contributed by atoms with E-state index in [0.717, 1.165) is 18.8 Å². The number of hydrogen-bond donors (Lipinski definition) is 2. The molecule has 1 fully saturated rings. The molecule has 0 saturated carbocycles. The Hall–Kier alpha value is -1.50. The molecule has 0 bridgehead atoms. The Kier molecular flexibility index (Phi) is 5.05. The van der Waals surface area contributed by atoms with Gasteiger partial charge < -0.3 is 4.90 Å². The Morgan fingerprint density at radius 3 is 2.95 bits per heavy atom. The smallest absolute Gasteiger partial charge is 0.266 e. The lowest BCUT2D eigenvalue weighted by atomic mass is 10.2. The number of likely N-dealkylation sites (tertiary alicyclic amines) is 1. The summed E-state index contributed by atoms with van der Waals surface area (Å²) in [5.74, 6) is 4.77. The number of hydrogen-bond acceptors (Lipinski definition) is 5. The summed E-state index contributed by atoms with van der Waals surface area (Å²) in [6.07, 6.45) is 4.12. The summed E-state index contributed by atoms with van der Waals surface area (Å²) in [6.45, 7) is 3.03. The number of likely N-dealkylation sites (N-methyl/N-ethyl adjacent to an activating group) is 2. The van der Waals surface area contributed by atoms with E-state index in [4.69, 9.17) is 5.84 Å². The van der Waals surface area contributed by atoms with Crippen LogP contribution in [-0.4, -0.2) is 53.9 Å². The molecule has 1 aromatic rings. The minimum Gasteiger partial charge on any atom is -0.302 e. The molecule has 0 aliphatic carbocycles. The van der Waals surface area contributed by atoms with Crippen molar-refractivity contribution in [3.63, 3.8) is 0 Å². The van der Waals surface area contributed by atoms with Gasteiger partial charge in [-0.2, -0.15) is 0 Å². The van der Waals surface area contributed by atoms with Crippen LogP contribution >= 0.6 is 0 Å². The molecule has 0 spiro atoms. The van der Waals surface area contributed by atoms with Crippen LogP contribution in [0.2, 0.25) is 0 Å². The summed E-state index contributed by atoms with van der Waals surface area (Å²) in [5.41, 5.74) is 3.54. The Labute approximate surface area is 119 Å². The number of nitrogen functional groups attached to an aromatic ring is 1. The first kappa shape index (κ1) is 14.9. The molecule has 6 heteroatoms. The topological polar surface area (TPSA) is 74.5 Å². The molecule has 110 valence electrons. The highest BCUT2D eigenvalue weighted by Crippen LogP contribution is 2.16. The lowest BCUT2D eigenvalue weighted by molar-refractivity contribution is 0.0953. The van der Waals surface area contributed by atoms with Gasteiger partial charge in [-0.25, -0.2) is 5.84 Å². The third-order valence-electron chi connectivity index (χ3n) is 3.84. The molecule has 1 aromatic heterocycles. The molecule has 0 aromatic carbocycles. The number of carbonyl (C=O) groups excluding carboxylic acids is 1. The highest BCUT2D eigenvalue weighted by Gasteiger charge is 2.22. The number of nitrogens with two attached hydrogens (primary N) is 1. The van der Waals surface area contributed by atoms with Crippen molar-refractivity contribution < 1.29 is 4.79 Å². The maximum atomic E-state index is 11.3. The van der Waals surface area contributed by atoms with Crippen LogP contribution in [0, 0.1) is 0 Å². The van der Waals surface area contributed by atoms with Gasteiger partial charge in [-0.3, -0.25) is 20.1 Å². The fraction of sp³-hybridized carbons (Fsp3) is 0.571. The van der Waals surface area contributed by atoms with E-state index in [1.165, 1.54) is 19.4 Å². The standard InChI is InChI=1S/C14H23N5O/c1-18(10-13-4-3-7-19(13)2)9-12-6-5-11(8-16-12)14(20)17-15/h5-6,8,13H,3-4,7,9-10,15H2,1-2H3,(H,17,20). The van der Waals surface area contributed by atoms with Crippen molar-refractivity contribution in [3.8, 4) is 0 Å². The van der Waals surface area contributed by atoms with E-state index in [2.05, 4.69) is 34.3 Å². The van der Waals surface area contributed by atoms with Gasteiger partial charge in [0.15, 0.2) is 0 Å². The maximum absolute atomic E-state index is 11.3. The summed E-state index contributed by atoms with van der Waals surface area (Å²) < 4.78 is 0. The third kappa shape index (κ3) is 3.75. The van der Waals surface area contributed by atoms with Crippen LogP contribution in [-0.2, 0) is 6.54 Å². The zero-order valence-corrected chi connectivity index (χ0v) is 12.2. The number of amides is 1. The zero-order chi connectivity index (χ0) is 14.5. The van der Waals surface area contributed by atoms with Crippen molar-refractivity contribution in [2.45, 2.75) is 25.4 Å². The second kappa shape index (κ2) is 6.78. The molecule has 1 saturated heterocycles. The van der Waals surface area contributed by atoms with Gasteiger partial charge >= 0.3 is 0 Å². The van der Waals surface area contributed by atoms with Gasteiger partial charge in [-0.1, -0.05) is 0 Å². The van der Waals surface area contributed by atoms with Crippen LogP contribution in [0.5, 0.6) is 0 Å². The van der Waals surface area contributed by atoms with Gasteiger partial charge in [0.2, 0.25) is 0 Å². The molecular formula is C14H23N5O. The number of nitrogens with zero attached hydrogens (tertiary/aromatic N) is 3. The number of pyridine rings is 1. The summed E-state index contributed by atoms with van der Waals surface area (Å²) >= 11 is 0. The van der Waals surface area contributed by atoms with Crippen LogP contribution in [0.15, 0.2) is 18.3 Å². The number of rotatable bonds is 5. The fourth-order valence-electron chi connectivity index (χ4n) is 2.65. The quantitative estimate of drug-likeness (QED) is 0.457. The summed E-state index contributed by atoms with van der Waals surface area (Å²) in [7, 11) is 4.29. The SMILES string of the molecule is CN(Cc1ccc(C(=O)NN)cn1)CC1CCCN1C. The van der Waals surface area contributed by atoms with Crippen LogP contribution in [0.4, 0.5) is 0 Å². The van der Waals surface area contributed by atoms with E-state index in [9.17, 15) is 4.79 Å². The zero-order valence-electron chi connectivity index (χ0n) is 12.2. The Morgan fingerprint density at radius 2 is 2.40 bits per heavy atom. The number of aromatic nitrogens is 1. The summed E-state index contributed by atoms with van der Waals surface area (Å²) in [6, 6.07) is 4.27. The molecule has 6 nitrogen and oxygen atoms in total. The van der Waals surface area contributed by atoms with Gasteiger partial charge in [0.1, 0.15) is 0 Å². The molecule has 1 aliphatic heterocycles. The van der Waals surface area contributed by atoms with Crippen molar-refractivity contribution in [1.82, 2.24) is 20.2 Å². The Balaban J connectivity index is 1.87. The average Bonchev–Trinajstić information content (AvgIpc) is 2.84. The van der Waals surface area contributed by atoms with Gasteiger partial charge in [0, 0.05) is 25.3 Å². The first-order valence-electron chi connectivity index (χ1n) is 6.95. The van der Waals surface area contributed by atoms with Gasteiger partial charge in [-0.05, 0) is 45.6 Å². The first-order chi connectivity index (χ1) is 9.60. The molecule has 1 atom stereocenters. The van der Waals surface area contributed by atoms with Crippen molar-refractivity contribution in [1.29, 1.82) is 0 Å². The minimum absolute atomic E-state index is 0.315. The molecule has 2 rings (SSSR count). The molecule has 3 N–H and O–H groups in total. The van der Waals surface area contributed by atoms with Gasteiger partial charge in [0.25, 0.3) is 5.91 Å². The molecule has 1 amide bonds. The lowest BCUT2D eigenvalue weighted by Gasteiger charge is -2.25. The summed E-state index contributed by atoms with van der Waals surface area (Å²) in [4.78, 5) is 20.3. The van der Waals surface area contributed by atoms with E-state index < -0.39 is 0 Å². The highest BCUT2D eigenvalue weighted by molar-refractivity contribution is 5.93. The monoisotopic (exact) mass is 277 g/mol. The number of nitrogens with one attached hydrogen (secondary N) is 1. The Bertz CT molecular complexity index is 447. The van der Waals surface area contributed by atoms with E-state index >= 15 is 0 Å². The van der Waals surface area contributed by atoms with E-state index in [-0.39, 0.29) is 5.91 Å². The second-order valence-corrected chi connectivity index (χ2v) is 5.49. The second-order valence-electron chi connectivity index (χ2n) is 5.49. The minimum atomic E-state index is -0.315. The normalized spacial score (nSPS) is 19.5. The fourth-order valence-corrected chi connectivity index (χ4v) is 2.65. The molecule has 1 unspecified atom stereocenters. The van der Waals surface area contributed by atoms with E-state index in [1.807, 2.05) is 6.07 Å². The Morgan fingerprint density at radius 1 is 1.60 bits per heavy atom. The van der Waals surface area contributed by atoms with Crippen molar-refractivity contribution in [2.75, 3.05) is 27.2 Å². The van der Waals surface area contributed by atoms with E-state index in [0.29, 0.717) is 11.6 Å². The number of hydrazine groups is 1. The van der Waals surface area contributed by atoms with Gasteiger partial charge in [0.05, 0.1) is 11.3 Å². The molecule has 0 radical (unpaired) electrons. The van der Waals surface area contributed by atoms with Crippen LogP contribution < -0.4 is 11.3 Å². The van der Waals surface area contributed by atoms with Crippen LogP contribution in [0.1, 0.15) is 28.9 Å². The van der Waals surface area contributed by atoms with Crippen molar-refractivity contribution in [3.05, 3.63) is 29.6 Å².